The number of nitrogens with zero attached hydrogens (tertiary/aromatic N) is 1. The van der Waals surface area contributed by atoms with Crippen molar-refractivity contribution in [3.63, 3.8) is 0 Å². The highest BCUT2D eigenvalue weighted by molar-refractivity contribution is 5.68. The molecule has 1 heterocycles. The van der Waals surface area contributed by atoms with E-state index in [4.69, 9.17) is 4.74 Å². The molecule has 1 fully saturated rings. The second kappa shape index (κ2) is 8.59. The number of aliphatic hydroxyl groups excluding tert-OH is 1. The zero-order valence-corrected chi connectivity index (χ0v) is 14.0. The molecule has 2 N–H and O–H groups in total. The molecule has 0 spiro atoms. The minimum Gasteiger partial charge on any atom is -0.444 e. The summed E-state index contributed by atoms with van der Waals surface area (Å²) in [5, 5.41) is 12.6. The van der Waals surface area contributed by atoms with Crippen molar-refractivity contribution >= 4 is 6.09 Å². The molecule has 5 heteroatoms. The number of ether oxygens (including phenoxy) is 1. The average molecular weight is 300 g/mol. The third-order valence-corrected chi connectivity index (χ3v) is 3.61. The average Bonchev–Trinajstić information content (AvgIpc) is 2.36. The minimum atomic E-state index is -0.441. The van der Waals surface area contributed by atoms with E-state index in [0.717, 1.165) is 45.3 Å². The lowest BCUT2D eigenvalue weighted by Gasteiger charge is -2.37. The summed E-state index contributed by atoms with van der Waals surface area (Å²) in [5.41, 5.74) is -0.441. The molecule has 1 aliphatic heterocycles. The number of piperidine rings is 1. The van der Waals surface area contributed by atoms with Crippen molar-refractivity contribution in [1.29, 1.82) is 0 Å². The third kappa shape index (κ3) is 7.67. The van der Waals surface area contributed by atoms with Gasteiger partial charge in [-0.25, -0.2) is 4.79 Å². The minimum absolute atomic E-state index is 0.196. The highest BCUT2D eigenvalue weighted by Crippen LogP contribution is 2.20. The van der Waals surface area contributed by atoms with Gasteiger partial charge in [-0.05, 0) is 66.3 Å². The fourth-order valence-electron chi connectivity index (χ4n) is 2.56. The predicted octanol–water partition coefficient (Wildman–Crippen LogP) is 2.53. The Balaban J connectivity index is 2.37. The fourth-order valence-corrected chi connectivity index (χ4v) is 2.56. The smallest absolute Gasteiger partial charge is 0.410 e. The van der Waals surface area contributed by atoms with Gasteiger partial charge in [-0.2, -0.15) is 0 Å². The van der Waals surface area contributed by atoms with E-state index in [1.54, 1.807) is 0 Å². The molecule has 0 saturated carbocycles. The Labute approximate surface area is 129 Å². The van der Waals surface area contributed by atoms with Gasteiger partial charge in [0.2, 0.25) is 0 Å². The largest absolute Gasteiger partial charge is 0.444 e. The highest BCUT2D eigenvalue weighted by Gasteiger charge is 2.29. The van der Waals surface area contributed by atoms with Gasteiger partial charge in [0.25, 0.3) is 0 Å². The predicted molar refractivity (Wildman–Crippen MR) is 84.4 cm³/mol. The molecule has 1 saturated heterocycles. The van der Waals surface area contributed by atoms with Crippen LogP contribution in [-0.4, -0.2) is 53.5 Å². The Kier molecular flexibility index (Phi) is 7.46. The number of aliphatic hydroxyl groups is 1. The lowest BCUT2D eigenvalue weighted by molar-refractivity contribution is 0.00997. The topological polar surface area (TPSA) is 61.8 Å². The van der Waals surface area contributed by atoms with Gasteiger partial charge >= 0.3 is 6.09 Å². The van der Waals surface area contributed by atoms with Gasteiger partial charge in [-0.1, -0.05) is 0 Å². The van der Waals surface area contributed by atoms with Gasteiger partial charge in [0.05, 0.1) is 6.10 Å². The summed E-state index contributed by atoms with van der Waals surface area (Å²) in [4.78, 5) is 14.1. The monoisotopic (exact) mass is 300 g/mol. The molecule has 2 unspecified atom stereocenters. The van der Waals surface area contributed by atoms with Crippen molar-refractivity contribution in [1.82, 2.24) is 10.2 Å². The zero-order chi connectivity index (χ0) is 15.9. The van der Waals surface area contributed by atoms with Crippen LogP contribution in [0.1, 0.15) is 59.8 Å². The van der Waals surface area contributed by atoms with Crippen LogP contribution in [0.25, 0.3) is 0 Å². The van der Waals surface area contributed by atoms with E-state index < -0.39 is 5.60 Å². The number of carbonyl (C=O) groups excluding carboxylic acids is 1. The molecule has 5 nitrogen and oxygen atoms in total. The summed E-state index contributed by atoms with van der Waals surface area (Å²) in [7, 11) is 0. The van der Waals surface area contributed by atoms with E-state index in [1.165, 1.54) is 6.42 Å². The highest BCUT2D eigenvalue weighted by atomic mass is 16.6. The van der Waals surface area contributed by atoms with Crippen LogP contribution in [0.4, 0.5) is 4.79 Å². The van der Waals surface area contributed by atoms with E-state index in [2.05, 4.69) is 5.32 Å². The van der Waals surface area contributed by atoms with Crippen LogP contribution in [0, 0.1) is 0 Å². The summed E-state index contributed by atoms with van der Waals surface area (Å²) in [6, 6.07) is 0.222. The molecular weight excluding hydrogens is 268 g/mol. The number of hydrogen-bond acceptors (Lipinski definition) is 4. The van der Waals surface area contributed by atoms with Crippen molar-refractivity contribution in [3.05, 3.63) is 0 Å². The molecule has 1 aliphatic rings. The Hall–Kier alpha value is -0.810. The molecular formula is C16H32N2O3. The summed E-state index contributed by atoms with van der Waals surface area (Å²) in [5.74, 6) is 0. The summed E-state index contributed by atoms with van der Waals surface area (Å²) < 4.78 is 5.49. The Bertz CT molecular complexity index is 313. The van der Waals surface area contributed by atoms with Gasteiger partial charge in [-0.15, -0.1) is 0 Å². The quantitative estimate of drug-likeness (QED) is 0.740. The van der Waals surface area contributed by atoms with Crippen LogP contribution in [0.2, 0.25) is 0 Å². The molecule has 0 aliphatic carbocycles. The first-order valence-corrected chi connectivity index (χ1v) is 8.18. The molecule has 0 bridgehead atoms. The van der Waals surface area contributed by atoms with Gasteiger partial charge in [0.15, 0.2) is 0 Å². The number of carbonyl (C=O) groups is 1. The van der Waals surface area contributed by atoms with Crippen LogP contribution in [0.3, 0.4) is 0 Å². The molecule has 124 valence electrons. The molecule has 0 radical (unpaired) electrons. The molecule has 1 amide bonds. The van der Waals surface area contributed by atoms with E-state index in [9.17, 15) is 9.90 Å². The molecule has 21 heavy (non-hydrogen) atoms. The SMILES string of the molecule is CC(O)CCCNCC1CCCCN1C(=O)OC(C)(C)C. The first-order chi connectivity index (χ1) is 9.79. The lowest BCUT2D eigenvalue weighted by atomic mass is 10.0. The Morgan fingerprint density at radius 2 is 2.14 bits per heavy atom. The molecule has 0 aromatic carbocycles. The molecule has 0 aromatic rings. The van der Waals surface area contributed by atoms with Crippen LogP contribution in [0.5, 0.6) is 0 Å². The van der Waals surface area contributed by atoms with Crippen molar-refractivity contribution in [3.8, 4) is 0 Å². The van der Waals surface area contributed by atoms with Crippen molar-refractivity contribution < 1.29 is 14.6 Å². The van der Waals surface area contributed by atoms with Crippen LogP contribution in [-0.2, 0) is 4.74 Å². The van der Waals surface area contributed by atoms with Gasteiger partial charge < -0.3 is 20.1 Å². The molecule has 2 atom stereocenters. The number of nitrogens with one attached hydrogen (secondary N) is 1. The Morgan fingerprint density at radius 3 is 2.76 bits per heavy atom. The maximum absolute atomic E-state index is 12.2. The van der Waals surface area contributed by atoms with Crippen molar-refractivity contribution in [2.75, 3.05) is 19.6 Å². The number of likely N-dealkylation sites (tertiary alicyclic amines) is 1. The normalized spacial score (nSPS) is 21.2. The number of amides is 1. The summed E-state index contributed by atoms with van der Waals surface area (Å²) in [6.07, 6.45) is 4.59. The number of hydrogen-bond donors (Lipinski definition) is 2. The van der Waals surface area contributed by atoms with E-state index >= 15 is 0 Å². The summed E-state index contributed by atoms with van der Waals surface area (Å²) >= 11 is 0. The fraction of sp³-hybridized carbons (Fsp3) is 0.938. The van der Waals surface area contributed by atoms with Crippen molar-refractivity contribution in [2.24, 2.45) is 0 Å². The molecule has 1 rings (SSSR count). The van der Waals surface area contributed by atoms with E-state index in [1.807, 2.05) is 32.6 Å². The van der Waals surface area contributed by atoms with Gasteiger partial charge in [0.1, 0.15) is 5.60 Å². The lowest BCUT2D eigenvalue weighted by Crippen LogP contribution is -2.50. The van der Waals surface area contributed by atoms with E-state index in [-0.39, 0.29) is 18.2 Å². The first kappa shape index (κ1) is 18.2. The van der Waals surface area contributed by atoms with E-state index in [0.29, 0.717) is 0 Å². The Morgan fingerprint density at radius 1 is 1.43 bits per heavy atom. The standard InChI is InChI=1S/C16H32N2O3/c1-13(19)8-7-10-17-12-14-9-5-6-11-18(14)15(20)21-16(2,3)4/h13-14,17,19H,5-12H2,1-4H3. The number of rotatable bonds is 6. The van der Waals surface area contributed by atoms with Crippen LogP contribution in [0.15, 0.2) is 0 Å². The van der Waals surface area contributed by atoms with Gasteiger partial charge in [0, 0.05) is 19.1 Å². The summed E-state index contributed by atoms with van der Waals surface area (Å²) in [6.45, 7) is 9.98. The third-order valence-electron chi connectivity index (χ3n) is 3.61. The molecule has 0 aromatic heterocycles. The van der Waals surface area contributed by atoms with Gasteiger partial charge in [-0.3, -0.25) is 0 Å². The second-order valence-corrected chi connectivity index (χ2v) is 7.02. The zero-order valence-electron chi connectivity index (χ0n) is 14.0. The van der Waals surface area contributed by atoms with Crippen LogP contribution >= 0.6 is 0 Å². The maximum Gasteiger partial charge on any atom is 0.410 e. The maximum atomic E-state index is 12.2. The van der Waals surface area contributed by atoms with Crippen molar-refractivity contribution in [2.45, 2.75) is 77.5 Å². The first-order valence-electron chi connectivity index (χ1n) is 8.18. The van der Waals surface area contributed by atoms with Crippen LogP contribution < -0.4 is 5.32 Å². The second-order valence-electron chi connectivity index (χ2n) is 7.02.